The number of rotatable bonds is 3. The van der Waals surface area contributed by atoms with Crippen molar-refractivity contribution < 1.29 is 19.0 Å². The fraction of sp³-hybridized carbons (Fsp3) is 0.500. The molecule has 0 aromatic heterocycles. The summed E-state index contributed by atoms with van der Waals surface area (Å²) in [4.78, 5) is 11.7. The molecule has 1 aromatic carbocycles. The zero-order valence-corrected chi connectivity index (χ0v) is 11.7. The molecule has 5 heteroatoms. The lowest BCUT2D eigenvalue weighted by molar-refractivity contribution is 0.0635. The highest BCUT2D eigenvalue weighted by atomic mass is 19.1. The molecule has 1 atom stereocenters. The summed E-state index contributed by atoms with van der Waals surface area (Å²) in [6.45, 7) is 6.87. The number of aliphatic hydroxyl groups excluding tert-OH is 1. The number of benzene rings is 1. The monoisotopic (exact) mass is 269 g/mol. The lowest BCUT2D eigenvalue weighted by Crippen LogP contribution is -2.27. The maximum atomic E-state index is 13.2. The van der Waals surface area contributed by atoms with Crippen molar-refractivity contribution in [2.45, 2.75) is 45.8 Å². The maximum absolute atomic E-state index is 13.2. The van der Waals surface area contributed by atoms with Gasteiger partial charge in [0.1, 0.15) is 11.4 Å². The predicted molar refractivity (Wildman–Crippen MR) is 71.6 cm³/mol. The highest BCUT2D eigenvalue weighted by Gasteiger charge is 2.17. The first kappa shape index (κ1) is 15.4. The Morgan fingerprint density at radius 2 is 2.11 bits per heavy atom. The molecule has 0 fully saturated rings. The lowest BCUT2D eigenvalue weighted by Gasteiger charge is -2.20. The van der Waals surface area contributed by atoms with Gasteiger partial charge in [-0.25, -0.2) is 9.18 Å². The lowest BCUT2D eigenvalue weighted by atomic mass is 10.1. The molecule has 1 aromatic rings. The number of amides is 1. The minimum atomic E-state index is -0.624. The molecule has 1 amide bonds. The molecule has 0 aliphatic heterocycles. The van der Waals surface area contributed by atoms with Crippen LogP contribution in [0.25, 0.3) is 0 Å². The molecule has 2 N–H and O–H groups in total. The number of aliphatic hydroxyl groups is 1. The van der Waals surface area contributed by atoms with E-state index in [4.69, 9.17) is 4.74 Å². The van der Waals surface area contributed by atoms with E-state index >= 15 is 0 Å². The number of nitrogens with one attached hydrogen (secondary N) is 1. The number of carbonyl (C=O) groups is 1. The van der Waals surface area contributed by atoms with Gasteiger partial charge in [0.05, 0.1) is 6.10 Å². The summed E-state index contributed by atoms with van der Waals surface area (Å²) in [6.07, 6.45) is -0.977. The van der Waals surface area contributed by atoms with Crippen LogP contribution in [0.4, 0.5) is 14.9 Å². The summed E-state index contributed by atoms with van der Waals surface area (Å²) in [5, 5.41) is 11.9. The molecule has 0 saturated heterocycles. The Bertz CT molecular complexity index is 452. The van der Waals surface area contributed by atoms with Crippen molar-refractivity contribution in [2.75, 3.05) is 5.32 Å². The molecule has 0 aliphatic rings. The van der Waals surface area contributed by atoms with Gasteiger partial charge in [0.2, 0.25) is 0 Å². The Morgan fingerprint density at radius 3 is 2.63 bits per heavy atom. The van der Waals surface area contributed by atoms with Gasteiger partial charge in [0.25, 0.3) is 0 Å². The SMILES string of the molecule is C[C@H](O)Cc1cc(F)ccc1NC(=O)OC(C)(C)C. The van der Waals surface area contributed by atoms with Crippen LogP contribution in [0, 0.1) is 5.82 Å². The molecule has 4 nitrogen and oxygen atoms in total. The number of carbonyl (C=O) groups excluding carboxylic acids is 1. The molecule has 0 heterocycles. The van der Waals surface area contributed by atoms with E-state index < -0.39 is 23.6 Å². The average Bonchev–Trinajstić information content (AvgIpc) is 2.18. The summed E-state index contributed by atoms with van der Waals surface area (Å²) >= 11 is 0. The Labute approximate surface area is 112 Å². The summed E-state index contributed by atoms with van der Waals surface area (Å²) in [5.41, 5.74) is 0.367. The van der Waals surface area contributed by atoms with E-state index in [1.165, 1.54) is 18.2 Å². The van der Waals surface area contributed by atoms with Gasteiger partial charge in [-0.15, -0.1) is 0 Å². The van der Waals surface area contributed by atoms with Gasteiger partial charge in [-0.2, -0.15) is 0 Å². The van der Waals surface area contributed by atoms with Gasteiger partial charge in [0.15, 0.2) is 0 Å². The summed E-state index contributed by atoms with van der Waals surface area (Å²) in [5.74, 6) is -0.412. The van der Waals surface area contributed by atoms with Crippen LogP contribution in [0.3, 0.4) is 0 Å². The molecule has 19 heavy (non-hydrogen) atoms. The minimum absolute atomic E-state index is 0.253. The number of ether oxygens (including phenoxy) is 1. The van der Waals surface area contributed by atoms with Gasteiger partial charge in [-0.3, -0.25) is 5.32 Å². The average molecular weight is 269 g/mol. The smallest absolute Gasteiger partial charge is 0.412 e. The second-order valence-corrected chi connectivity index (χ2v) is 5.48. The predicted octanol–water partition coefficient (Wildman–Crippen LogP) is 3.10. The molecular formula is C14H20FNO3. The summed E-state index contributed by atoms with van der Waals surface area (Å²) < 4.78 is 18.3. The molecule has 106 valence electrons. The van der Waals surface area contributed by atoms with E-state index in [9.17, 15) is 14.3 Å². The van der Waals surface area contributed by atoms with E-state index in [0.29, 0.717) is 11.3 Å². The fourth-order valence-electron chi connectivity index (χ4n) is 1.58. The van der Waals surface area contributed by atoms with E-state index in [2.05, 4.69) is 5.32 Å². The number of halogens is 1. The molecule has 0 bridgehead atoms. The molecule has 0 unspecified atom stereocenters. The van der Waals surface area contributed by atoms with Crippen LogP contribution in [0.1, 0.15) is 33.3 Å². The number of anilines is 1. The zero-order valence-electron chi connectivity index (χ0n) is 11.7. The highest BCUT2D eigenvalue weighted by molar-refractivity contribution is 5.85. The van der Waals surface area contributed by atoms with Crippen molar-refractivity contribution in [1.82, 2.24) is 0 Å². The third-order valence-corrected chi connectivity index (χ3v) is 2.22. The van der Waals surface area contributed by atoms with Crippen LogP contribution >= 0.6 is 0 Å². The van der Waals surface area contributed by atoms with Crippen LogP contribution < -0.4 is 5.32 Å². The quantitative estimate of drug-likeness (QED) is 0.886. The maximum Gasteiger partial charge on any atom is 0.412 e. The van der Waals surface area contributed by atoms with Crippen molar-refractivity contribution in [3.8, 4) is 0 Å². The van der Waals surface area contributed by atoms with Crippen LogP contribution in [0.2, 0.25) is 0 Å². The molecule has 0 aliphatic carbocycles. The van der Waals surface area contributed by atoms with E-state index in [1.54, 1.807) is 27.7 Å². The third-order valence-electron chi connectivity index (χ3n) is 2.22. The number of hydrogen-bond donors (Lipinski definition) is 2. The third kappa shape index (κ3) is 5.70. The summed E-state index contributed by atoms with van der Waals surface area (Å²) in [7, 11) is 0. The Morgan fingerprint density at radius 1 is 1.47 bits per heavy atom. The van der Waals surface area contributed by atoms with Crippen molar-refractivity contribution in [2.24, 2.45) is 0 Å². The van der Waals surface area contributed by atoms with Gasteiger partial charge in [-0.1, -0.05) is 0 Å². The van der Waals surface area contributed by atoms with Crippen molar-refractivity contribution >= 4 is 11.8 Å². The van der Waals surface area contributed by atoms with E-state index in [-0.39, 0.29) is 6.42 Å². The van der Waals surface area contributed by atoms with Crippen LogP contribution in [0.15, 0.2) is 18.2 Å². The minimum Gasteiger partial charge on any atom is -0.444 e. The first-order chi connectivity index (χ1) is 8.67. The largest absolute Gasteiger partial charge is 0.444 e. The molecule has 0 radical (unpaired) electrons. The Hall–Kier alpha value is -1.62. The second-order valence-electron chi connectivity index (χ2n) is 5.48. The first-order valence-corrected chi connectivity index (χ1v) is 6.14. The topological polar surface area (TPSA) is 58.6 Å². The second kappa shape index (κ2) is 6.02. The van der Waals surface area contributed by atoms with Gasteiger partial charge >= 0.3 is 6.09 Å². The van der Waals surface area contributed by atoms with Gasteiger partial charge < -0.3 is 9.84 Å². The molecule has 0 saturated carbocycles. The van der Waals surface area contributed by atoms with Gasteiger partial charge in [0, 0.05) is 12.1 Å². The highest BCUT2D eigenvalue weighted by Crippen LogP contribution is 2.20. The van der Waals surface area contributed by atoms with E-state index in [1.807, 2.05) is 0 Å². The fourth-order valence-corrected chi connectivity index (χ4v) is 1.58. The molecule has 1 rings (SSSR count). The Kier molecular flexibility index (Phi) is 4.89. The normalized spacial score (nSPS) is 12.9. The van der Waals surface area contributed by atoms with Gasteiger partial charge in [-0.05, 0) is 51.5 Å². The van der Waals surface area contributed by atoms with E-state index in [0.717, 1.165) is 0 Å². The Balaban J connectivity index is 2.85. The van der Waals surface area contributed by atoms with Crippen LogP contribution in [0.5, 0.6) is 0 Å². The standard InChI is InChI=1S/C14H20FNO3/c1-9(17)7-10-8-11(15)5-6-12(10)16-13(18)19-14(2,3)4/h5-6,8-9,17H,7H2,1-4H3,(H,16,18)/t9-/m0/s1. The first-order valence-electron chi connectivity index (χ1n) is 6.14. The van der Waals surface area contributed by atoms with Crippen molar-refractivity contribution in [3.05, 3.63) is 29.6 Å². The zero-order chi connectivity index (χ0) is 14.6. The molecule has 0 spiro atoms. The van der Waals surface area contributed by atoms with Crippen molar-refractivity contribution in [3.63, 3.8) is 0 Å². The molecular weight excluding hydrogens is 249 g/mol. The number of hydrogen-bond acceptors (Lipinski definition) is 3. The van der Waals surface area contributed by atoms with Crippen LogP contribution in [-0.2, 0) is 11.2 Å². The summed E-state index contributed by atoms with van der Waals surface area (Å²) in [6, 6.07) is 3.99. The van der Waals surface area contributed by atoms with Crippen LogP contribution in [-0.4, -0.2) is 22.9 Å². The van der Waals surface area contributed by atoms with Crippen molar-refractivity contribution in [1.29, 1.82) is 0 Å².